The van der Waals surface area contributed by atoms with Crippen LogP contribution >= 0.6 is 0 Å². The number of hydrogen-bond acceptors (Lipinski definition) is 6. The summed E-state index contributed by atoms with van der Waals surface area (Å²) < 4.78 is 18.7. The quantitative estimate of drug-likeness (QED) is 0.404. The molecule has 2 aromatic carbocycles. The fourth-order valence-corrected chi connectivity index (χ4v) is 2.79. The lowest BCUT2D eigenvalue weighted by atomic mass is 10.2. The van der Waals surface area contributed by atoms with Gasteiger partial charge in [0.25, 0.3) is 0 Å². The molecule has 0 aliphatic carbocycles. The Morgan fingerprint density at radius 1 is 1.06 bits per heavy atom. The molecule has 9 heteroatoms. The van der Waals surface area contributed by atoms with Crippen molar-refractivity contribution in [2.45, 2.75) is 13.8 Å². The monoisotopic (exact) mass is 424 g/mol. The normalized spacial score (nSPS) is 10.3. The zero-order valence-corrected chi connectivity index (χ0v) is 17.6. The number of hydrogen-bond donors (Lipinski definition) is 4. The van der Waals surface area contributed by atoms with Gasteiger partial charge < -0.3 is 26.0 Å². The van der Waals surface area contributed by atoms with E-state index in [0.29, 0.717) is 36.1 Å². The lowest BCUT2D eigenvalue weighted by Gasteiger charge is -2.12. The number of carbonyl (C=O) groups excluding carboxylic acids is 1. The van der Waals surface area contributed by atoms with Crippen LogP contribution in [0.3, 0.4) is 0 Å². The van der Waals surface area contributed by atoms with Crippen molar-refractivity contribution in [1.29, 1.82) is 0 Å². The predicted octanol–water partition coefficient (Wildman–Crippen LogP) is 4.22. The van der Waals surface area contributed by atoms with E-state index in [0.717, 1.165) is 17.1 Å². The molecule has 0 radical (unpaired) electrons. The number of carbonyl (C=O) groups is 1. The molecule has 0 spiro atoms. The van der Waals surface area contributed by atoms with Crippen molar-refractivity contribution in [3.63, 3.8) is 0 Å². The van der Waals surface area contributed by atoms with Crippen molar-refractivity contribution in [1.82, 2.24) is 15.3 Å². The standard InChI is InChI=1S/C22H25FN6O2/c1-14-13-20(27-16-7-9-17(31-3)10-8-16)29-21(26-14)24-11-12-25-22(30)28-19-6-4-5-18(23)15(19)2/h4-10,13H,11-12H2,1-3H3,(H2,25,28,30)(H2,24,26,27,29). The summed E-state index contributed by atoms with van der Waals surface area (Å²) in [6.07, 6.45) is 0. The van der Waals surface area contributed by atoms with Crippen LogP contribution in [0.25, 0.3) is 0 Å². The minimum atomic E-state index is -0.414. The van der Waals surface area contributed by atoms with Crippen molar-refractivity contribution in [2.75, 3.05) is 36.1 Å². The lowest BCUT2D eigenvalue weighted by molar-refractivity contribution is 0.252. The number of methoxy groups -OCH3 is 1. The zero-order valence-electron chi connectivity index (χ0n) is 17.6. The summed E-state index contributed by atoms with van der Waals surface area (Å²) in [7, 11) is 1.62. The van der Waals surface area contributed by atoms with E-state index in [9.17, 15) is 9.18 Å². The molecule has 0 saturated heterocycles. The van der Waals surface area contributed by atoms with Gasteiger partial charge in [0.15, 0.2) is 0 Å². The number of urea groups is 1. The van der Waals surface area contributed by atoms with Crippen molar-refractivity contribution >= 4 is 29.2 Å². The molecule has 1 aromatic heterocycles. The van der Waals surface area contributed by atoms with E-state index in [1.165, 1.54) is 6.07 Å². The van der Waals surface area contributed by atoms with Crippen molar-refractivity contribution < 1.29 is 13.9 Å². The Bertz CT molecular complexity index is 1040. The first-order chi connectivity index (χ1) is 14.9. The maximum atomic E-state index is 13.6. The van der Waals surface area contributed by atoms with E-state index in [4.69, 9.17) is 4.74 Å². The number of nitrogens with one attached hydrogen (secondary N) is 4. The van der Waals surface area contributed by atoms with Gasteiger partial charge in [0.2, 0.25) is 5.95 Å². The average Bonchev–Trinajstić information content (AvgIpc) is 2.75. The average molecular weight is 424 g/mol. The highest BCUT2D eigenvalue weighted by molar-refractivity contribution is 5.90. The zero-order chi connectivity index (χ0) is 22.2. The van der Waals surface area contributed by atoms with Crippen LogP contribution in [0.5, 0.6) is 5.75 Å². The third-order valence-electron chi connectivity index (χ3n) is 4.43. The highest BCUT2D eigenvalue weighted by Crippen LogP contribution is 2.20. The van der Waals surface area contributed by atoms with Gasteiger partial charge in [-0.1, -0.05) is 6.07 Å². The third-order valence-corrected chi connectivity index (χ3v) is 4.43. The first-order valence-corrected chi connectivity index (χ1v) is 9.75. The van der Waals surface area contributed by atoms with Crippen molar-refractivity contribution in [3.8, 4) is 5.75 Å². The number of aromatic nitrogens is 2. The number of aryl methyl sites for hydroxylation is 1. The van der Waals surface area contributed by atoms with E-state index in [1.807, 2.05) is 37.3 Å². The molecule has 31 heavy (non-hydrogen) atoms. The first kappa shape index (κ1) is 21.8. The number of benzene rings is 2. The van der Waals surface area contributed by atoms with Crippen molar-refractivity contribution in [2.24, 2.45) is 0 Å². The SMILES string of the molecule is COc1ccc(Nc2cc(C)nc(NCCNC(=O)Nc3cccc(F)c3C)n2)cc1. The fourth-order valence-electron chi connectivity index (χ4n) is 2.79. The summed E-state index contributed by atoms with van der Waals surface area (Å²) in [5.74, 6) is 1.50. The van der Waals surface area contributed by atoms with Crippen LogP contribution < -0.4 is 26.0 Å². The maximum Gasteiger partial charge on any atom is 0.319 e. The summed E-state index contributed by atoms with van der Waals surface area (Å²) in [5.41, 5.74) is 2.49. The Morgan fingerprint density at radius 3 is 2.58 bits per heavy atom. The van der Waals surface area contributed by atoms with E-state index >= 15 is 0 Å². The Morgan fingerprint density at radius 2 is 1.84 bits per heavy atom. The Balaban J connectivity index is 1.49. The molecule has 8 nitrogen and oxygen atoms in total. The molecular weight excluding hydrogens is 399 g/mol. The molecule has 0 bridgehead atoms. The predicted molar refractivity (Wildman–Crippen MR) is 120 cm³/mol. The van der Waals surface area contributed by atoms with Crippen LogP contribution in [0.1, 0.15) is 11.3 Å². The molecular formula is C22H25FN6O2. The Hall–Kier alpha value is -3.88. The molecule has 0 fully saturated rings. The van der Waals surface area contributed by atoms with Crippen LogP contribution in [0.4, 0.5) is 32.3 Å². The topological polar surface area (TPSA) is 100 Å². The van der Waals surface area contributed by atoms with Gasteiger partial charge >= 0.3 is 6.03 Å². The molecule has 0 saturated carbocycles. The number of nitrogens with zero attached hydrogens (tertiary/aromatic N) is 2. The molecule has 1 heterocycles. The summed E-state index contributed by atoms with van der Waals surface area (Å²) in [4.78, 5) is 20.8. The van der Waals surface area contributed by atoms with Gasteiger partial charge in [-0.05, 0) is 50.2 Å². The smallest absolute Gasteiger partial charge is 0.319 e. The van der Waals surface area contributed by atoms with E-state index in [2.05, 4.69) is 31.2 Å². The minimum absolute atomic E-state index is 0.332. The number of anilines is 4. The summed E-state index contributed by atoms with van der Waals surface area (Å²) in [5, 5.41) is 11.7. The Kier molecular flexibility index (Phi) is 7.21. The first-order valence-electron chi connectivity index (χ1n) is 9.75. The van der Waals surface area contributed by atoms with Crippen LogP contribution in [-0.4, -0.2) is 36.2 Å². The van der Waals surface area contributed by atoms with E-state index in [1.54, 1.807) is 26.2 Å². The number of amides is 2. The molecule has 0 aliphatic rings. The Labute approximate surface area is 180 Å². The summed E-state index contributed by atoms with van der Waals surface area (Å²) in [6, 6.07) is 13.5. The largest absolute Gasteiger partial charge is 0.497 e. The van der Waals surface area contributed by atoms with Gasteiger partial charge in [-0.2, -0.15) is 4.98 Å². The van der Waals surface area contributed by atoms with Gasteiger partial charge in [0, 0.05) is 41.8 Å². The third kappa shape index (κ3) is 6.30. The summed E-state index contributed by atoms with van der Waals surface area (Å²) in [6.45, 7) is 4.23. The number of ether oxygens (including phenoxy) is 1. The highest BCUT2D eigenvalue weighted by Gasteiger charge is 2.07. The molecule has 0 unspecified atom stereocenters. The minimum Gasteiger partial charge on any atom is -0.497 e. The molecule has 3 aromatic rings. The van der Waals surface area contributed by atoms with Crippen molar-refractivity contribution in [3.05, 3.63) is 65.6 Å². The van der Waals surface area contributed by atoms with Gasteiger partial charge in [0.05, 0.1) is 7.11 Å². The molecule has 2 amide bonds. The van der Waals surface area contributed by atoms with Gasteiger partial charge in [-0.15, -0.1) is 0 Å². The van der Waals surface area contributed by atoms with Gasteiger partial charge in [-0.3, -0.25) is 0 Å². The molecule has 0 atom stereocenters. The second-order valence-corrected chi connectivity index (χ2v) is 6.79. The van der Waals surface area contributed by atoms with Crippen LogP contribution in [0.2, 0.25) is 0 Å². The van der Waals surface area contributed by atoms with E-state index < -0.39 is 6.03 Å². The van der Waals surface area contributed by atoms with Crippen LogP contribution in [0, 0.1) is 19.7 Å². The maximum absolute atomic E-state index is 13.6. The molecule has 162 valence electrons. The number of halogens is 1. The molecule has 4 N–H and O–H groups in total. The van der Waals surface area contributed by atoms with Crippen LogP contribution in [0.15, 0.2) is 48.5 Å². The second-order valence-electron chi connectivity index (χ2n) is 6.79. The fraction of sp³-hybridized carbons (Fsp3) is 0.227. The van der Waals surface area contributed by atoms with Gasteiger partial charge in [-0.25, -0.2) is 14.2 Å². The number of rotatable bonds is 8. The molecule has 3 rings (SSSR count). The highest BCUT2D eigenvalue weighted by atomic mass is 19.1. The summed E-state index contributed by atoms with van der Waals surface area (Å²) >= 11 is 0. The molecule has 0 aliphatic heterocycles. The van der Waals surface area contributed by atoms with Gasteiger partial charge in [0.1, 0.15) is 17.4 Å². The lowest BCUT2D eigenvalue weighted by Crippen LogP contribution is -2.33. The van der Waals surface area contributed by atoms with E-state index in [-0.39, 0.29) is 5.82 Å². The van der Waals surface area contributed by atoms with Crippen LogP contribution in [-0.2, 0) is 0 Å². The second kappa shape index (κ2) is 10.2.